The Bertz CT molecular complexity index is 643. The SMILES string of the molecule is CC1CCN(C(=O)c2cnc3ccccc3n2)CC1N. The van der Waals surface area contributed by atoms with Gasteiger partial charge in [-0.3, -0.25) is 9.78 Å². The maximum absolute atomic E-state index is 12.5. The lowest BCUT2D eigenvalue weighted by Gasteiger charge is -2.34. The lowest BCUT2D eigenvalue weighted by Crippen LogP contribution is -2.49. The Labute approximate surface area is 117 Å². The molecule has 1 saturated heterocycles. The second-order valence-corrected chi connectivity index (χ2v) is 5.42. The monoisotopic (exact) mass is 270 g/mol. The van der Waals surface area contributed by atoms with Crippen molar-refractivity contribution in [1.29, 1.82) is 0 Å². The van der Waals surface area contributed by atoms with Gasteiger partial charge in [0.25, 0.3) is 5.91 Å². The minimum Gasteiger partial charge on any atom is -0.336 e. The van der Waals surface area contributed by atoms with Crippen molar-refractivity contribution >= 4 is 16.9 Å². The van der Waals surface area contributed by atoms with Gasteiger partial charge in [0.1, 0.15) is 5.69 Å². The zero-order valence-corrected chi connectivity index (χ0v) is 11.5. The number of rotatable bonds is 1. The molecule has 1 aromatic heterocycles. The number of amides is 1. The Kier molecular flexibility index (Phi) is 3.36. The molecule has 2 N–H and O–H groups in total. The first kappa shape index (κ1) is 13.0. The number of hydrogen-bond acceptors (Lipinski definition) is 4. The summed E-state index contributed by atoms with van der Waals surface area (Å²) in [5.41, 5.74) is 7.98. The van der Waals surface area contributed by atoms with Crippen molar-refractivity contribution in [1.82, 2.24) is 14.9 Å². The first-order chi connectivity index (χ1) is 9.65. The maximum Gasteiger partial charge on any atom is 0.274 e. The van der Waals surface area contributed by atoms with Crippen LogP contribution in [0.1, 0.15) is 23.8 Å². The molecule has 20 heavy (non-hydrogen) atoms. The van der Waals surface area contributed by atoms with Crippen LogP contribution in [0.2, 0.25) is 0 Å². The second-order valence-electron chi connectivity index (χ2n) is 5.42. The van der Waals surface area contributed by atoms with Gasteiger partial charge in [-0.15, -0.1) is 0 Å². The average Bonchev–Trinajstić information content (AvgIpc) is 2.49. The van der Waals surface area contributed by atoms with E-state index in [1.165, 1.54) is 0 Å². The fraction of sp³-hybridized carbons (Fsp3) is 0.400. The smallest absolute Gasteiger partial charge is 0.274 e. The zero-order valence-electron chi connectivity index (χ0n) is 11.5. The van der Waals surface area contributed by atoms with Crippen molar-refractivity contribution in [2.45, 2.75) is 19.4 Å². The molecule has 2 unspecified atom stereocenters. The standard InChI is InChI=1S/C15H18N4O/c1-10-6-7-19(9-11(10)16)15(20)14-8-17-12-4-2-3-5-13(12)18-14/h2-5,8,10-11H,6-7,9,16H2,1H3. The summed E-state index contributed by atoms with van der Waals surface area (Å²) >= 11 is 0. The predicted octanol–water partition coefficient (Wildman–Crippen LogP) is 1.44. The first-order valence-electron chi connectivity index (χ1n) is 6.92. The summed E-state index contributed by atoms with van der Waals surface area (Å²) in [6.07, 6.45) is 2.49. The Morgan fingerprint density at radius 2 is 2.10 bits per heavy atom. The Morgan fingerprint density at radius 1 is 1.35 bits per heavy atom. The van der Waals surface area contributed by atoms with E-state index in [2.05, 4.69) is 16.9 Å². The molecule has 1 amide bonds. The van der Waals surface area contributed by atoms with Gasteiger partial charge < -0.3 is 10.6 Å². The molecule has 5 heteroatoms. The van der Waals surface area contributed by atoms with Crippen LogP contribution >= 0.6 is 0 Å². The summed E-state index contributed by atoms with van der Waals surface area (Å²) in [5, 5.41) is 0. The largest absolute Gasteiger partial charge is 0.336 e. The number of para-hydroxylation sites is 2. The highest BCUT2D eigenvalue weighted by atomic mass is 16.2. The normalized spacial score (nSPS) is 23.0. The third-order valence-electron chi connectivity index (χ3n) is 3.97. The quantitative estimate of drug-likeness (QED) is 0.851. The van der Waals surface area contributed by atoms with Crippen molar-refractivity contribution in [2.24, 2.45) is 11.7 Å². The van der Waals surface area contributed by atoms with Crippen LogP contribution in [0.25, 0.3) is 11.0 Å². The van der Waals surface area contributed by atoms with Crippen molar-refractivity contribution in [3.05, 3.63) is 36.2 Å². The number of hydrogen-bond donors (Lipinski definition) is 1. The van der Waals surface area contributed by atoms with Crippen molar-refractivity contribution < 1.29 is 4.79 Å². The van der Waals surface area contributed by atoms with Crippen LogP contribution in [0.3, 0.4) is 0 Å². The van der Waals surface area contributed by atoms with Crippen LogP contribution in [0, 0.1) is 5.92 Å². The number of likely N-dealkylation sites (tertiary alicyclic amines) is 1. The lowest BCUT2D eigenvalue weighted by molar-refractivity contribution is 0.0666. The number of benzene rings is 1. The molecule has 0 aliphatic carbocycles. The summed E-state index contributed by atoms with van der Waals surface area (Å²) < 4.78 is 0. The minimum absolute atomic E-state index is 0.0427. The Balaban J connectivity index is 1.85. The van der Waals surface area contributed by atoms with Gasteiger partial charge in [-0.25, -0.2) is 4.98 Å². The van der Waals surface area contributed by atoms with Gasteiger partial charge in [-0.05, 0) is 24.5 Å². The van der Waals surface area contributed by atoms with Crippen LogP contribution in [-0.2, 0) is 0 Å². The van der Waals surface area contributed by atoms with E-state index in [0.29, 0.717) is 18.2 Å². The molecule has 0 saturated carbocycles. The summed E-state index contributed by atoms with van der Waals surface area (Å²) in [4.78, 5) is 22.9. The Hall–Kier alpha value is -2.01. The van der Waals surface area contributed by atoms with Gasteiger partial charge in [-0.2, -0.15) is 0 Å². The van der Waals surface area contributed by atoms with Gasteiger partial charge >= 0.3 is 0 Å². The Morgan fingerprint density at radius 3 is 2.85 bits per heavy atom. The van der Waals surface area contributed by atoms with Crippen molar-refractivity contribution in [3.63, 3.8) is 0 Å². The van der Waals surface area contributed by atoms with Crippen LogP contribution in [0.5, 0.6) is 0 Å². The van der Waals surface area contributed by atoms with Gasteiger partial charge in [-0.1, -0.05) is 19.1 Å². The van der Waals surface area contributed by atoms with E-state index in [1.807, 2.05) is 24.3 Å². The number of nitrogens with zero attached hydrogens (tertiary/aromatic N) is 3. The minimum atomic E-state index is -0.0781. The van der Waals surface area contributed by atoms with E-state index in [1.54, 1.807) is 11.1 Å². The molecule has 0 bridgehead atoms. The number of nitrogens with two attached hydrogens (primary N) is 1. The van der Waals surface area contributed by atoms with Gasteiger partial charge in [0, 0.05) is 19.1 Å². The van der Waals surface area contributed by atoms with Gasteiger partial charge in [0.05, 0.1) is 17.2 Å². The maximum atomic E-state index is 12.5. The zero-order chi connectivity index (χ0) is 14.1. The summed E-state index contributed by atoms with van der Waals surface area (Å²) in [5.74, 6) is 0.382. The molecule has 1 aliphatic heterocycles. The highest BCUT2D eigenvalue weighted by molar-refractivity contribution is 5.93. The van der Waals surface area contributed by atoms with Crippen LogP contribution in [0.15, 0.2) is 30.5 Å². The van der Waals surface area contributed by atoms with E-state index >= 15 is 0 Å². The second kappa shape index (κ2) is 5.17. The third-order valence-corrected chi connectivity index (χ3v) is 3.97. The van der Waals surface area contributed by atoms with Crippen molar-refractivity contribution in [3.8, 4) is 0 Å². The summed E-state index contributed by atoms with van der Waals surface area (Å²) in [7, 11) is 0. The molecule has 0 radical (unpaired) electrons. The highest BCUT2D eigenvalue weighted by Gasteiger charge is 2.27. The van der Waals surface area contributed by atoms with Gasteiger partial charge in [0.15, 0.2) is 0 Å². The number of carbonyl (C=O) groups excluding carboxylic acids is 1. The third kappa shape index (κ3) is 2.36. The first-order valence-corrected chi connectivity index (χ1v) is 6.92. The topological polar surface area (TPSA) is 72.1 Å². The van der Waals surface area contributed by atoms with E-state index in [-0.39, 0.29) is 11.9 Å². The van der Waals surface area contributed by atoms with Crippen LogP contribution in [0.4, 0.5) is 0 Å². The number of carbonyl (C=O) groups is 1. The average molecular weight is 270 g/mol. The summed E-state index contributed by atoms with van der Waals surface area (Å²) in [6, 6.07) is 7.59. The highest BCUT2D eigenvalue weighted by Crippen LogP contribution is 2.17. The van der Waals surface area contributed by atoms with E-state index in [9.17, 15) is 4.79 Å². The molecule has 2 aromatic rings. The molecule has 3 rings (SSSR count). The number of fused-ring (bicyclic) bond motifs is 1. The molecule has 1 aliphatic rings. The molecule has 5 nitrogen and oxygen atoms in total. The fourth-order valence-corrected chi connectivity index (χ4v) is 2.51. The van der Waals surface area contributed by atoms with E-state index in [4.69, 9.17) is 5.73 Å². The van der Waals surface area contributed by atoms with Crippen LogP contribution in [-0.4, -0.2) is 39.9 Å². The molecule has 104 valence electrons. The lowest BCUT2D eigenvalue weighted by atomic mass is 9.94. The number of aromatic nitrogens is 2. The molecule has 2 heterocycles. The van der Waals surface area contributed by atoms with E-state index < -0.39 is 0 Å². The molecule has 0 spiro atoms. The molecule has 2 atom stereocenters. The van der Waals surface area contributed by atoms with E-state index in [0.717, 1.165) is 24.0 Å². The summed E-state index contributed by atoms with van der Waals surface area (Å²) in [6.45, 7) is 3.46. The molecule has 1 aromatic carbocycles. The molecule has 1 fully saturated rings. The van der Waals surface area contributed by atoms with Gasteiger partial charge in [0.2, 0.25) is 0 Å². The molecular weight excluding hydrogens is 252 g/mol. The van der Waals surface area contributed by atoms with Crippen LogP contribution < -0.4 is 5.73 Å². The number of piperidine rings is 1. The fourth-order valence-electron chi connectivity index (χ4n) is 2.51. The predicted molar refractivity (Wildman–Crippen MR) is 77.2 cm³/mol. The van der Waals surface area contributed by atoms with Crippen molar-refractivity contribution in [2.75, 3.05) is 13.1 Å². The molecular formula is C15H18N4O.